The minimum atomic E-state index is -0.573. The number of rotatable bonds is 4. The minimum absolute atomic E-state index is 0.140. The number of halogens is 2. The van der Waals surface area contributed by atoms with Gasteiger partial charge in [-0.3, -0.25) is 14.0 Å². The highest BCUT2D eigenvalue weighted by molar-refractivity contribution is 9.10. The van der Waals surface area contributed by atoms with Crippen molar-refractivity contribution in [2.75, 3.05) is 26.4 Å². The predicted molar refractivity (Wildman–Crippen MR) is 75.4 cm³/mol. The first kappa shape index (κ1) is 15.0. The zero-order valence-electron chi connectivity index (χ0n) is 11.1. The molecule has 0 saturated carbocycles. The zero-order chi connectivity index (χ0) is 14.7. The molecule has 0 radical (unpaired) electrons. The molecule has 0 aromatic heterocycles. The summed E-state index contributed by atoms with van der Waals surface area (Å²) in [6.07, 6.45) is 0. The molecule has 1 aliphatic heterocycles. The van der Waals surface area contributed by atoms with Gasteiger partial charge < -0.3 is 9.64 Å². The van der Waals surface area contributed by atoms with Crippen LogP contribution in [0.25, 0.3) is 0 Å². The second-order valence-electron chi connectivity index (χ2n) is 4.57. The number of ether oxygens (including phenoxy) is 1. The first-order valence-electron chi connectivity index (χ1n) is 6.37. The van der Waals surface area contributed by atoms with Crippen molar-refractivity contribution >= 4 is 27.8 Å². The van der Waals surface area contributed by atoms with Crippen LogP contribution in [-0.2, 0) is 9.53 Å². The van der Waals surface area contributed by atoms with E-state index in [1.807, 2.05) is 0 Å². The Morgan fingerprint density at radius 2 is 2.30 bits per heavy atom. The summed E-state index contributed by atoms with van der Waals surface area (Å²) < 4.78 is 18.8. The average Bonchev–Trinajstić information content (AvgIpc) is 2.42. The quantitative estimate of drug-likeness (QED) is 0.789. The summed E-state index contributed by atoms with van der Waals surface area (Å²) in [6.45, 7) is 1.44. The molecule has 4 nitrogen and oxygen atoms in total. The van der Waals surface area contributed by atoms with Gasteiger partial charge in [-0.1, -0.05) is 15.9 Å². The van der Waals surface area contributed by atoms with Crippen molar-refractivity contribution < 1.29 is 18.7 Å². The van der Waals surface area contributed by atoms with E-state index < -0.39 is 18.6 Å². The molecule has 0 saturated heterocycles. The van der Waals surface area contributed by atoms with Crippen molar-refractivity contribution in [2.24, 2.45) is 0 Å². The van der Waals surface area contributed by atoms with Crippen molar-refractivity contribution in [1.29, 1.82) is 0 Å². The number of carbonyl (C=O) groups is 2. The van der Waals surface area contributed by atoms with Crippen LogP contribution in [0.1, 0.15) is 28.8 Å². The summed E-state index contributed by atoms with van der Waals surface area (Å²) >= 11 is 3.32. The van der Waals surface area contributed by atoms with Crippen LogP contribution < -0.4 is 0 Å². The lowest BCUT2D eigenvalue weighted by Gasteiger charge is -2.32. The van der Waals surface area contributed by atoms with E-state index in [1.54, 1.807) is 25.1 Å². The Kier molecular flexibility index (Phi) is 4.75. The molecule has 0 N–H and O–H groups in total. The fraction of sp³-hybridized carbons (Fsp3) is 0.429. The van der Waals surface area contributed by atoms with Crippen molar-refractivity contribution in [3.8, 4) is 0 Å². The van der Waals surface area contributed by atoms with Gasteiger partial charge in [0.15, 0.2) is 0 Å². The van der Waals surface area contributed by atoms with Crippen LogP contribution in [0.5, 0.6) is 0 Å². The Hall–Kier alpha value is -1.43. The van der Waals surface area contributed by atoms with E-state index >= 15 is 0 Å². The molecule has 0 spiro atoms. The number of alkyl halides is 1. The number of hydrogen-bond acceptors (Lipinski definition) is 3. The standard InChI is InChI=1S/C14H15BrFNO3/c1-2-20-13(18)8-17-7-9(6-16)12-5-10(15)3-4-11(12)14(17)19/h3-5,9H,2,6-8H2,1H3. The van der Waals surface area contributed by atoms with E-state index in [2.05, 4.69) is 15.9 Å². The Morgan fingerprint density at radius 1 is 1.55 bits per heavy atom. The van der Waals surface area contributed by atoms with E-state index in [1.165, 1.54) is 4.90 Å². The van der Waals surface area contributed by atoms with Gasteiger partial charge in [0.25, 0.3) is 5.91 Å². The largest absolute Gasteiger partial charge is 0.465 e. The second kappa shape index (κ2) is 6.35. The summed E-state index contributed by atoms with van der Waals surface area (Å²) in [7, 11) is 0. The lowest BCUT2D eigenvalue weighted by molar-refractivity contribution is -0.143. The summed E-state index contributed by atoms with van der Waals surface area (Å²) in [4.78, 5) is 25.2. The van der Waals surface area contributed by atoms with Crippen LogP contribution in [0.15, 0.2) is 22.7 Å². The van der Waals surface area contributed by atoms with Crippen molar-refractivity contribution in [3.63, 3.8) is 0 Å². The smallest absolute Gasteiger partial charge is 0.325 e. The Balaban J connectivity index is 2.26. The van der Waals surface area contributed by atoms with E-state index in [4.69, 9.17) is 4.74 Å². The normalized spacial score (nSPS) is 17.9. The number of esters is 1. The van der Waals surface area contributed by atoms with Gasteiger partial charge in [-0.05, 0) is 30.7 Å². The lowest BCUT2D eigenvalue weighted by atomic mass is 9.90. The van der Waals surface area contributed by atoms with Gasteiger partial charge in [0.05, 0.1) is 13.3 Å². The molecule has 6 heteroatoms. The molecule has 1 aliphatic rings. The van der Waals surface area contributed by atoms with Crippen LogP contribution >= 0.6 is 15.9 Å². The van der Waals surface area contributed by atoms with Crippen LogP contribution in [0.3, 0.4) is 0 Å². The Labute approximate surface area is 125 Å². The SMILES string of the molecule is CCOC(=O)CN1CC(CF)c2cc(Br)ccc2C1=O. The number of carbonyl (C=O) groups excluding carboxylic acids is 2. The van der Waals surface area contributed by atoms with Crippen LogP contribution in [0, 0.1) is 0 Å². The predicted octanol–water partition coefficient (Wildman–Crippen LogP) is 2.52. The highest BCUT2D eigenvalue weighted by Crippen LogP contribution is 2.31. The fourth-order valence-electron chi connectivity index (χ4n) is 2.31. The van der Waals surface area contributed by atoms with E-state index in [-0.39, 0.29) is 25.6 Å². The highest BCUT2D eigenvalue weighted by atomic mass is 79.9. The number of nitrogens with zero attached hydrogens (tertiary/aromatic N) is 1. The van der Waals surface area contributed by atoms with Gasteiger partial charge in [-0.2, -0.15) is 0 Å². The maximum atomic E-state index is 13.2. The first-order valence-corrected chi connectivity index (χ1v) is 7.16. The lowest BCUT2D eigenvalue weighted by Crippen LogP contribution is -2.43. The third kappa shape index (κ3) is 3.00. The molecule has 0 aliphatic carbocycles. The Bertz CT molecular complexity index is 535. The molecular formula is C14H15BrFNO3. The zero-order valence-corrected chi connectivity index (χ0v) is 12.7. The summed E-state index contributed by atoms with van der Waals surface area (Å²) in [5.74, 6) is -1.14. The van der Waals surface area contributed by atoms with Crippen LogP contribution in [0.2, 0.25) is 0 Å². The molecule has 20 heavy (non-hydrogen) atoms. The number of benzene rings is 1. The Morgan fingerprint density at radius 3 is 2.95 bits per heavy atom. The van der Waals surface area contributed by atoms with Gasteiger partial charge in [0.1, 0.15) is 6.54 Å². The molecule has 1 heterocycles. The number of hydrogen-bond donors (Lipinski definition) is 0. The van der Waals surface area contributed by atoms with Gasteiger partial charge in [-0.25, -0.2) is 0 Å². The monoisotopic (exact) mass is 343 g/mol. The van der Waals surface area contributed by atoms with Gasteiger partial charge in [-0.15, -0.1) is 0 Å². The number of amides is 1. The maximum absolute atomic E-state index is 13.2. The van der Waals surface area contributed by atoms with Gasteiger partial charge in [0, 0.05) is 22.5 Å². The van der Waals surface area contributed by atoms with Crippen LogP contribution in [-0.4, -0.2) is 43.1 Å². The van der Waals surface area contributed by atoms with E-state index in [0.717, 1.165) is 4.47 Å². The van der Waals surface area contributed by atoms with Crippen LogP contribution in [0.4, 0.5) is 4.39 Å². The summed E-state index contributed by atoms with van der Waals surface area (Å²) in [5.41, 5.74) is 1.14. The van der Waals surface area contributed by atoms with Crippen molar-refractivity contribution in [3.05, 3.63) is 33.8 Å². The van der Waals surface area contributed by atoms with E-state index in [0.29, 0.717) is 11.1 Å². The second-order valence-corrected chi connectivity index (χ2v) is 5.49. The first-order chi connectivity index (χ1) is 9.56. The molecule has 1 unspecified atom stereocenters. The molecule has 1 amide bonds. The molecule has 0 bridgehead atoms. The third-order valence-electron chi connectivity index (χ3n) is 3.22. The molecule has 1 atom stereocenters. The van der Waals surface area contributed by atoms with E-state index in [9.17, 15) is 14.0 Å². The average molecular weight is 344 g/mol. The molecule has 2 rings (SSSR count). The summed E-state index contributed by atoms with van der Waals surface area (Å²) in [5, 5.41) is 0. The third-order valence-corrected chi connectivity index (χ3v) is 3.72. The van der Waals surface area contributed by atoms with Gasteiger partial charge >= 0.3 is 5.97 Å². The summed E-state index contributed by atoms with van der Waals surface area (Å²) in [6, 6.07) is 5.15. The molecular weight excluding hydrogens is 329 g/mol. The maximum Gasteiger partial charge on any atom is 0.325 e. The fourth-order valence-corrected chi connectivity index (χ4v) is 2.69. The molecule has 1 aromatic rings. The molecule has 1 aromatic carbocycles. The van der Waals surface area contributed by atoms with Gasteiger partial charge in [0.2, 0.25) is 0 Å². The number of fused-ring (bicyclic) bond motifs is 1. The topological polar surface area (TPSA) is 46.6 Å². The minimum Gasteiger partial charge on any atom is -0.465 e. The van der Waals surface area contributed by atoms with Crippen molar-refractivity contribution in [2.45, 2.75) is 12.8 Å². The molecule has 108 valence electrons. The highest BCUT2D eigenvalue weighted by Gasteiger charge is 2.32. The molecule has 0 fully saturated rings. The van der Waals surface area contributed by atoms with Crippen molar-refractivity contribution in [1.82, 2.24) is 4.90 Å².